The van der Waals surface area contributed by atoms with Crippen LogP contribution in [0.4, 0.5) is 0 Å². The van der Waals surface area contributed by atoms with E-state index in [1.54, 1.807) is 7.11 Å². The summed E-state index contributed by atoms with van der Waals surface area (Å²) in [6.45, 7) is 0. The number of rotatable bonds is 1. The molecule has 0 aromatic heterocycles. The summed E-state index contributed by atoms with van der Waals surface area (Å²) < 4.78 is 12.3. The van der Waals surface area contributed by atoms with E-state index in [0.717, 1.165) is 24.0 Å². The fourth-order valence-electron chi connectivity index (χ4n) is 5.48. The molecule has 2 aliphatic carbocycles. The summed E-state index contributed by atoms with van der Waals surface area (Å²) in [4.78, 5) is 0. The van der Waals surface area contributed by atoms with Gasteiger partial charge < -0.3 is 9.47 Å². The van der Waals surface area contributed by atoms with E-state index in [9.17, 15) is 0 Å². The third kappa shape index (κ3) is 1.16. The van der Waals surface area contributed by atoms with Gasteiger partial charge in [0.2, 0.25) is 0 Å². The maximum absolute atomic E-state index is 6.62. The molecule has 1 saturated heterocycles. The van der Waals surface area contributed by atoms with Gasteiger partial charge in [-0.25, -0.2) is 0 Å². The molecule has 1 aromatic rings. The first-order chi connectivity index (χ1) is 9.83. The molecular weight excluding hydrogens is 248 g/mol. The average Bonchev–Trinajstić information content (AvgIpc) is 3.00. The highest BCUT2D eigenvalue weighted by molar-refractivity contribution is 5.48. The third-order valence-corrected chi connectivity index (χ3v) is 6.08. The SMILES string of the molecule is COC1=C[C@@]23O[C@@H](c4ccccc42)[C@@H]2CCC[C@H](C1)[C@@H]23. The summed E-state index contributed by atoms with van der Waals surface area (Å²) in [6, 6.07) is 8.84. The number of benzene rings is 1. The quantitative estimate of drug-likeness (QED) is 0.768. The number of fused-ring (bicyclic) bond motifs is 4. The van der Waals surface area contributed by atoms with Crippen LogP contribution in [-0.4, -0.2) is 7.11 Å². The van der Waals surface area contributed by atoms with Crippen LogP contribution < -0.4 is 0 Å². The number of hydrogen-bond donors (Lipinski definition) is 0. The van der Waals surface area contributed by atoms with Crippen molar-refractivity contribution >= 4 is 0 Å². The van der Waals surface area contributed by atoms with Crippen molar-refractivity contribution in [3.8, 4) is 0 Å². The van der Waals surface area contributed by atoms with Crippen molar-refractivity contribution in [1.82, 2.24) is 0 Å². The average molecular weight is 268 g/mol. The monoisotopic (exact) mass is 268 g/mol. The predicted octanol–water partition coefficient (Wildman–Crippen LogP) is 3.93. The second-order valence-corrected chi connectivity index (χ2v) is 6.82. The molecule has 20 heavy (non-hydrogen) atoms. The van der Waals surface area contributed by atoms with Gasteiger partial charge in [-0.15, -0.1) is 0 Å². The molecule has 0 radical (unpaired) electrons. The molecule has 1 saturated carbocycles. The van der Waals surface area contributed by atoms with Gasteiger partial charge in [0, 0.05) is 12.3 Å². The molecular formula is C18H20O2. The lowest BCUT2D eigenvalue weighted by molar-refractivity contribution is -0.0270. The molecule has 1 spiro atoms. The summed E-state index contributed by atoms with van der Waals surface area (Å²) in [6.07, 6.45) is 7.75. The van der Waals surface area contributed by atoms with Crippen molar-refractivity contribution in [2.75, 3.05) is 7.11 Å². The molecule has 4 aliphatic rings. The molecule has 0 unspecified atom stereocenters. The highest BCUT2D eigenvalue weighted by Gasteiger charge is 2.65. The lowest BCUT2D eigenvalue weighted by atomic mass is 9.56. The molecule has 2 fully saturated rings. The van der Waals surface area contributed by atoms with Gasteiger partial charge in [0.25, 0.3) is 0 Å². The van der Waals surface area contributed by atoms with Gasteiger partial charge in [-0.05, 0) is 41.9 Å². The Morgan fingerprint density at radius 2 is 2.15 bits per heavy atom. The zero-order valence-corrected chi connectivity index (χ0v) is 11.8. The van der Waals surface area contributed by atoms with Crippen molar-refractivity contribution in [3.05, 3.63) is 47.2 Å². The van der Waals surface area contributed by atoms with Gasteiger partial charge in [0.15, 0.2) is 0 Å². The lowest BCUT2D eigenvalue weighted by Gasteiger charge is -2.46. The van der Waals surface area contributed by atoms with E-state index in [4.69, 9.17) is 9.47 Å². The van der Waals surface area contributed by atoms with Gasteiger partial charge in [-0.2, -0.15) is 0 Å². The molecule has 1 aromatic carbocycles. The van der Waals surface area contributed by atoms with E-state index >= 15 is 0 Å². The summed E-state index contributed by atoms with van der Waals surface area (Å²) in [5.74, 6) is 3.27. The predicted molar refractivity (Wildman–Crippen MR) is 76.0 cm³/mol. The molecule has 2 aliphatic heterocycles. The van der Waals surface area contributed by atoms with Crippen LogP contribution in [0.1, 0.15) is 42.9 Å². The molecule has 2 heteroatoms. The van der Waals surface area contributed by atoms with E-state index < -0.39 is 0 Å². The molecule has 2 bridgehead atoms. The Morgan fingerprint density at radius 3 is 3.05 bits per heavy atom. The first kappa shape index (κ1) is 11.4. The molecule has 104 valence electrons. The molecule has 2 nitrogen and oxygen atoms in total. The zero-order valence-electron chi connectivity index (χ0n) is 11.8. The highest BCUT2D eigenvalue weighted by Crippen LogP contribution is 2.68. The van der Waals surface area contributed by atoms with Crippen LogP contribution in [0.15, 0.2) is 36.1 Å². The van der Waals surface area contributed by atoms with E-state index in [0.29, 0.717) is 12.0 Å². The van der Waals surface area contributed by atoms with Crippen LogP contribution in [0.3, 0.4) is 0 Å². The van der Waals surface area contributed by atoms with E-state index in [2.05, 4.69) is 30.3 Å². The second kappa shape index (κ2) is 3.67. The maximum Gasteiger partial charge on any atom is 0.119 e. The van der Waals surface area contributed by atoms with Crippen molar-refractivity contribution < 1.29 is 9.47 Å². The number of allylic oxidation sites excluding steroid dienone is 1. The third-order valence-electron chi connectivity index (χ3n) is 6.08. The van der Waals surface area contributed by atoms with Gasteiger partial charge in [0.1, 0.15) is 5.60 Å². The van der Waals surface area contributed by atoms with Crippen LogP contribution in [0, 0.1) is 17.8 Å². The van der Waals surface area contributed by atoms with Crippen molar-refractivity contribution in [2.24, 2.45) is 17.8 Å². The van der Waals surface area contributed by atoms with E-state index in [1.165, 1.54) is 30.4 Å². The minimum absolute atomic E-state index is 0.180. The fraction of sp³-hybridized carbons (Fsp3) is 0.556. The molecule has 2 heterocycles. The first-order valence-electron chi connectivity index (χ1n) is 7.86. The molecule has 5 rings (SSSR count). The summed E-state index contributed by atoms with van der Waals surface area (Å²) in [7, 11) is 1.80. The Bertz CT molecular complexity index is 605. The highest BCUT2D eigenvalue weighted by atomic mass is 16.5. The Labute approximate surface area is 119 Å². The van der Waals surface area contributed by atoms with Crippen molar-refractivity contribution in [3.63, 3.8) is 0 Å². The fourth-order valence-corrected chi connectivity index (χ4v) is 5.48. The Balaban J connectivity index is 1.77. The Hall–Kier alpha value is -1.28. The van der Waals surface area contributed by atoms with Crippen molar-refractivity contribution in [2.45, 2.75) is 37.4 Å². The van der Waals surface area contributed by atoms with Gasteiger partial charge >= 0.3 is 0 Å². The number of hydrogen-bond acceptors (Lipinski definition) is 2. The number of ether oxygens (including phenoxy) is 2. The standard InChI is InChI=1S/C18H20O2/c1-19-12-9-11-5-4-7-14-16(11)18(10-12)15-8-3-2-6-13(15)17(14)20-18/h2-3,6,8,10-11,14,16-17H,4-5,7,9H2,1H3/t11-,14-,16+,17+,18-/m1/s1. The van der Waals surface area contributed by atoms with Crippen LogP contribution in [0.2, 0.25) is 0 Å². The zero-order chi connectivity index (χ0) is 13.3. The Morgan fingerprint density at radius 1 is 1.25 bits per heavy atom. The minimum atomic E-state index is -0.180. The molecule has 5 atom stereocenters. The maximum atomic E-state index is 6.62. The van der Waals surface area contributed by atoms with E-state index in [1.807, 2.05) is 0 Å². The lowest BCUT2D eigenvalue weighted by Crippen LogP contribution is -2.44. The van der Waals surface area contributed by atoms with Crippen molar-refractivity contribution in [1.29, 1.82) is 0 Å². The Kier molecular flexibility index (Phi) is 2.09. The second-order valence-electron chi connectivity index (χ2n) is 6.82. The molecule has 0 amide bonds. The van der Waals surface area contributed by atoms with Gasteiger partial charge in [0.05, 0.1) is 19.0 Å². The van der Waals surface area contributed by atoms with Crippen LogP contribution in [-0.2, 0) is 15.1 Å². The van der Waals surface area contributed by atoms with Gasteiger partial charge in [-0.1, -0.05) is 30.7 Å². The minimum Gasteiger partial charge on any atom is -0.501 e. The molecule has 0 N–H and O–H groups in total. The van der Waals surface area contributed by atoms with Crippen LogP contribution in [0.25, 0.3) is 0 Å². The van der Waals surface area contributed by atoms with Crippen LogP contribution >= 0.6 is 0 Å². The normalized spacial score (nSPS) is 43.8. The summed E-state index contributed by atoms with van der Waals surface area (Å²) in [5, 5.41) is 0. The topological polar surface area (TPSA) is 18.5 Å². The van der Waals surface area contributed by atoms with E-state index in [-0.39, 0.29) is 5.60 Å². The van der Waals surface area contributed by atoms with Gasteiger partial charge in [-0.3, -0.25) is 0 Å². The number of methoxy groups -OCH3 is 1. The largest absolute Gasteiger partial charge is 0.501 e. The summed E-state index contributed by atoms with van der Waals surface area (Å²) >= 11 is 0. The van der Waals surface area contributed by atoms with Crippen LogP contribution in [0.5, 0.6) is 0 Å². The smallest absolute Gasteiger partial charge is 0.119 e. The summed E-state index contributed by atoms with van der Waals surface area (Å²) in [5.41, 5.74) is 2.66. The first-order valence-corrected chi connectivity index (χ1v) is 7.86.